The molecule has 0 unspecified atom stereocenters. The predicted molar refractivity (Wildman–Crippen MR) is 88.5 cm³/mol. The molecule has 0 aliphatic heterocycles. The first kappa shape index (κ1) is 16.4. The van der Waals surface area contributed by atoms with E-state index < -0.39 is 0 Å². The number of para-hydroxylation sites is 1. The van der Waals surface area contributed by atoms with Crippen molar-refractivity contribution in [3.63, 3.8) is 0 Å². The van der Waals surface area contributed by atoms with Crippen molar-refractivity contribution in [2.45, 2.75) is 9.79 Å². The zero-order valence-electron chi connectivity index (χ0n) is 11.6. The average Bonchev–Trinajstić information content (AvgIpc) is 2.53. The van der Waals surface area contributed by atoms with Gasteiger partial charge in [-0.3, -0.25) is 4.79 Å². The third kappa shape index (κ3) is 5.10. The fraction of sp³-hybridized carbons (Fsp3) is 0.125. The van der Waals surface area contributed by atoms with E-state index in [9.17, 15) is 9.18 Å². The monoisotopic (exact) mass is 332 g/mol. The summed E-state index contributed by atoms with van der Waals surface area (Å²) in [6, 6.07) is 15.5. The van der Waals surface area contributed by atoms with Crippen LogP contribution in [0.5, 0.6) is 0 Å². The zero-order chi connectivity index (χ0) is 15.8. The minimum atomic E-state index is -0.294. The van der Waals surface area contributed by atoms with Gasteiger partial charge in [-0.2, -0.15) is 5.26 Å². The molecule has 0 fully saturated rings. The Labute approximate surface area is 136 Å². The fourth-order valence-corrected chi connectivity index (χ4v) is 3.04. The molecule has 0 heterocycles. The molecule has 0 saturated carbocycles. The van der Waals surface area contributed by atoms with Crippen LogP contribution in [-0.2, 0) is 4.79 Å². The average molecular weight is 332 g/mol. The number of rotatable bonds is 6. The van der Waals surface area contributed by atoms with Crippen LogP contribution in [-0.4, -0.2) is 17.4 Å². The number of nitrogens with one attached hydrogen (secondary N) is 1. The lowest BCUT2D eigenvalue weighted by Crippen LogP contribution is -2.14. The lowest BCUT2D eigenvalue weighted by atomic mass is 10.3. The molecule has 0 radical (unpaired) electrons. The number of halogens is 1. The quantitative estimate of drug-likeness (QED) is 0.807. The topological polar surface area (TPSA) is 52.9 Å². The lowest BCUT2D eigenvalue weighted by Gasteiger charge is -2.09. The van der Waals surface area contributed by atoms with Crippen LogP contribution < -0.4 is 5.32 Å². The minimum absolute atomic E-state index is 0.140. The van der Waals surface area contributed by atoms with Crippen molar-refractivity contribution in [3.05, 3.63) is 54.3 Å². The van der Waals surface area contributed by atoms with E-state index in [2.05, 4.69) is 11.4 Å². The highest BCUT2D eigenvalue weighted by Gasteiger charge is 2.07. The second-order valence-electron chi connectivity index (χ2n) is 4.23. The van der Waals surface area contributed by atoms with Crippen molar-refractivity contribution in [1.82, 2.24) is 0 Å². The standard InChI is InChI=1S/C16H13FN2OS2/c17-12-5-7-13(8-6-12)22-11-16(20)19-14-3-1-2-4-15(14)21-10-9-18/h1-8H,10-11H2,(H,19,20). The molecule has 112 valence electrons. The summed E-state index contributed by atoms with van der Waals surface area (Å²) in [5.74, 6) is 0.136. The summed E-state index contributed by atoms with van der Waals surface area (Å²) in [5, 5.41) is 11.5. The Morgan fingerprint density at radius 2 is 1.86 bits per heavy atom. The largest absolute Gasteiger partial charge is 0.324 e. The molecule has 22 heavy (non-hydrogen) atoms. The third-order valence-corrected chi connectivity index (χ3v) is 4.59. The summed E-state index contributed by atoms with van der Waals surface area (Å²) in [6.45, 7) is 0. The van der Waals surface area contributed by atoms with Crippen molar-refractivity contribution >= 4 is 35.1 Å². The molecule has 2 rings (SSSR count). The van der Waals surface area contributed by atoms with Gasteiger partial charge in [0.25, 0.3) is 0 Å². The van der Waals surface area contributed by atoms with E-state index >= 15 is 0 Å². The van der Waals surface area contributed by atoms with Crippen molar-refractivity contribution in [2.24, 2.45) is 0 Å². The van der Waals surface area contributed by atoms with Crippen molar-refractivity contribution in [2.75, 3.05) is 16.8 Å². The summed E-state index contributed by atoms with van der Waals surface area (Å²) in [5.41, 5.74) is 0.701. The van der Waals surface area contributed by atoms with E-state index in [4.69, 9.17) is 5.26 Å². The van der Waals surface area contributed by atoms with Gasteiger partial charge >= 0.3 is 0 Å². The number of nitrogens with zero attached hydrogens (tertiary/aromatic N) is 1. The number of benzene rings is 2. The zero-order valence-corrected chi connectivity index (χ0v) is 13.2. The van der Waals surface area contributed by atoms with Crippen LogP contribution in [0.25, 0.3) is 0 Å². The van der Waals surface area contributed by atoms with Gasteiger partial charge in [-0.1, -0.05) is 12.1 Å². The summed E-state index contributed by atoms with van der Waals surface area (Å²) in [7, 11) is 0. The molecule has 0 aliphatic rings. The number of thioether (sulfide) groups is 2. The van der Waals surface area contributed by atoms with E-state index in [1.54, 1.807) is 18.2 Å². The molecule has 3 nitrogen and oxygen atoms in total. The molecular formula is C16H13FN2OS2. The van der Waals surface area contributed by atoms with Gasteiger partial charge in [-0.15, -0.1) is 23.5 Å². The van der Waals surface area contributed by atoms with E-state index in [0.717, 1.165) is 9.79 Å². The van der Waals surface area contributed by atoms with E-state index in [1.807, 2.05) is 18.2 Å². The van der Waals surface area contributed by atoms with Crippen LogP contribution in [0, 0.1) is 17.1 Å². The van der Waals surface area contributed by atoms with Crippen LogP contribution in [0.3, 0.4) is 0 Å². The predicted octanol–water partition coefficient (Wildman–Crippen LogP) is 4.17. The van der Waals surface area contributed by atoms with Crippen molar-refractivity contribution in [3.8, 4) is 6.07 Å². The fourth-order valence-electron chi connectivity index (χ4n) is 1.67. The van der Waals surface area contributed by atoms with E-state index in [0.29, 0.717) is 11.4 Å². The summed E-state index contributed by atoms with van der Waals surface area (Å²) in [6.07, 6.45) is 0. The summed E-state index contributed by atoms with van der Waals surface area (Å²) < 4.78 is 12.8. The van der Waals surface area contributed by atoms with E-state index in [1.165, 1.54) is 35.7 Å². The van der Waals surface area contributed by atoms with Crippen molar-refractivity contribution in [1.29, 1.82) is 5.26 Å². The normalized spacial score (nSPS) is 10.0. The molecule has 0 saturated heterocycles. The SMILES string of the molecule is N#CCSc1ccccc1NC(=O)CSc1ccc(F)cc1. The highest BCUT2D eigenvalue weighted by molar-refractivity contribution is 8.00. The van der Waals surface area contributed by atoms with Crippen LogP contribution in [0.1, 0.15) is 0 Å². The van der Waals surface area contributed by atoms with Crippen molar-refractivity contribution < 1.29 is 9.18 Å². The first-order valence-corrected chi connectivity index (χ1v) is 8.43. The Morgan fingerprint density at radius 1 is 1.14 bits per heavy atom. The van der Waals surface area contributed by atoms with Gasteiger partial charge in [-0.05, 0) is 36.4 Å². The van der Waals surface area contributed by atoms with Crippen LogP contribution in [0.15, 0.2) is 58.3 Å². The molecule has 0 aliphatic carbocycles. The smallest absolute Gasteiger partial charge is 0.234 e. The lowest BCUT2D eigenvalue weighted by molar-refractivity contribution is -0.113. The van der Waals surface area contributed by atoms with Crippen LogP contribution >= 0.6 is 23.5 Å². The van der Waals surface area contributed by atoms with E-state index in [-0.39, 0.29) is 17.5 Å². The maximum Gasteiger partial charge on any atom is 0.234 e. The number of hydrogen-bond donors (Lipinski definition) is 1. The van der Waals surface area contributed by atoms with Gasteiger partial charge < -0.3 is 5.32 Å². The number of anilines is 1. The second kappa shape index (κ2) is 8.47. The van der Waals surface area contributed by atoms with Gasteiger partial charge in [-0.25, -0.2) is 4.39 Å². The molecular weight excluding hydrogens is 319 g/mol. The molecule has 2 aromatic rings. The molecule has 2 aromatic carbocycles. The first-order chi connectivity index (χ1) is 10.7. The van der Waals surface area contributed by atoms with Crippen LogP contribution in [0.2, 0.25) is 0 Å². The van der Waals surface area contributed by atoms with Gasteiger partial charge in [0.2, 0.25) is 5.91 Å². The molecule has 1 amide bonds. The number of amides is 1. The molecule has 0 atom stereocenters. The number of nitriles is 1. The van der Waals surface area contributed by atoms with Crippen LogP contribution in [0.4, 0.5) is 10.1 Å². The number of carbonyl (C=O) groups is 1. The highest BCUT2D eigenvalue weighted by Crippen LogP contribution is 2.27. The Kier molecular flexibility index (Phi) is 6.31. The maximum atomic E-state index is 12.8. The maximum absolute atomic E-state index is 12.8. The molecule has 1 N–H and O–H groups in total. The Morgan fingerprint density at radius 3 is 2.59 bits per heavy atom. The summed E-state index contributed by atoms with van der Waals surface area (Å²) in [4.78, 5) is 13.7. The van der Waals surface area contributed by atoms with Gasteiger partial charge in [0.15, 0.2) is 0 Å². The molecule has 0 aromatic heterocycles. The van der Waals surface area contributed by atoms with Gasteiger partial charge in [0.1, 0.15) is 5.82 Å². The third-order valence-electron chi connectivity index (χ3n) is 2.64. The Bertz CT molecular complexity index is 683. The highest BCUT2D eigenvalue weighted by atomic mass is 32.2. The molecule has 0 bridgehead atoms. The number of carbonyl (C=O) groups excluding carboxylic acids is 1. The Hall–Kier alpha value is -1.97. The van der Waals surface area contributed by atoms with Gasteiger partial charge in [0.05, 0.1) is 23.3 Å². The Balaban J connectivity index is 1.92. The number of hydrogen-bond acceptors (Lipinski definition) is 4. The summed E-state index contributed by atoms with van der Waals surface area (Å²) >= 11 is 2.72. The first-order valence-electron chi connectivity index (χ1n) is 6.46. The molecule has 0 spiro atoms. The molecule has 6 heteroatoms. The van der Waals surface area contributed by atoms with Gasteiger partial charge in [0, 0.05) is 9.79 Å². The minimum Gasteiger partial charge on any atom is -0.324 e. The second-order valence-corrected chi connectivity index (χ2v) is 6.30.